The average molecular weight is 289 g/mol. The monoisotopic (exact) mass is 289 g/mol. The molecule has 0 radical (unpaired) electrons. The maximum Gasteiger partial charge on any atom is 0.231 e. The molecule has 0 aliphatic heterocycles. The maximum atomic E-state index is 13.9. The van der Waals surface area contributed by atoms with E-state index in [4.69, 9.17) is 11.0 Å². The van der Waals surface area contributed by atoms with Gasteiger partial charge in [-0.25, -0.2) is 4.39 Å². The predicted molar refractivity (Wildman–Crippen MR) is 78.9 cm³/mol. The Morgan fingerprint density at radius 1 is 1.52 bits per heavy atom. The van der Waals surface area contributed by atoms with Crippen LogP contribution in [0.5, 0.6) is 0 Å². The summed E-state index contributed by atoms with van der Waals surface area (Å²) in [6.45, 7) is 2.43. The number of anilines is 1. The van der Waals surface area contributed by atoms with Crippen molar-refractivity contribution >= 4 is 11.6 Å². The standard InChI is InChI=1S/C16H20FN3O/c1-11-4-6-16(10-19,7-5-11)15(21)20-14-3-2-12(9-18)8-13(14)17/h2-3,8,11H,4-7,10,19H2,1H3,(H,20,21). The lowest BCUT2D eigenvalue weighted by Gasteiger charge is -2.37. The third kappa shape index (κ3) is 3.22. The molecule has 0 saturated heterocycles. The molecule has 1 aliphatic carbocycles. The molecule has 21 heavy (non-hydrogen) atoms. The average Bonchev–Trinajstić information content (AvgIpc) is 2.50. The molecule has 2 rings (SSSR count). The van der Waals surface area contributed by atoms with Crippen molar-refractivity contribution < 1.29 is 9.18 Å². The largest absolute Gasteiger partial charge is 0.329 e. The second-order valence-electron chi connectivity index (χ2n) is 5.93. The molecule has 3 N–H and O–H groups in total. The van der Waals surface area contributed by atoms with Crippen molar-refractivity contribution in [1.82, 2.24) is 0 Å². The van der Waals surface area contributed by atoms with Crippen LogP contribution in [0.3, 0.4) is 0 Å². The SMILES string of the molecule is CC1CCC(CN)(C(=O)Nc2ccc(C#N)cc2F)CC1. The first-order valence-electron chi connectivity index (χ1n) is 7.22. The smallest absolute Gasteiger partial charge is 0.231 e. The third-order valence-corrected chi connectivity index (χ3v) is 4.45. The molecule has 5 heteroatoms. The van der Waals surface area contributed by atoms with E-state index in [1.165, 1.54) is 12.1 Å². The van der Waals surface area contributed by atoms with Gasteiger partial charge in [0.05, 0.1) is 22.7 Å². The van der Waals surface area contributed by atoms with E-state index < -0.39 is 11.2 Å². The van der Waals surface area contributed by atoms with Crippen molar-refractivity contribution in [3.63, 3.8) is 0 Å². The Balaban J connectivity index is 2.15. The Morgan fingerprint density at radius 3 is 2.71 bits per heavy atom. The van der Waals surface area contributed by atoms with Crippen LogP contribution in [-0.4, -0.2) is 12.5 Å². The van der Waals surface area contributed by atoms with Crippen molar-refractivity contribution in [1.29, 1.82) is 5.26 Å². The first-order valence-corrected chi connectivity index (χ1v) is 7.22. The summed E-state index contributed by atoms with van der Waals surface area (Å²) < 4.78 is 13.9. The predicted octanol–water partition coefficient (Wildman–Crippen LogP) is 2.79. The minimum absolute atomic E-state index is 0.102. The Labute approximate surface area is 124 Å². The summed E-state index contributed by atoms with van der Waals surface area (Å²) in [5.74, 6) is -0.219. The van der Waals surface area contributed by atoms with E-state index in [0.29, 0.717) is 5.92 Å². The van der Waals surface area contributed by atoms with Crippen LogP contribution in [0.4, 0.5) is 10.1 Å². The van der Waals surface area contributed by atoms with Gasteiger partial charge in [0.2, 0.25) is 5.91 Å². The molecule has 1 aromatic rings. The summed E-state index contributed by atoms with van der Waals surface area (Å²) in [7, 11) is 0. The fourth-order valence-electron chi connectivity index (χ4n) is 2.78. The summed E-state index contributed by atoms with van der Waals surface area (Å²) in [6.07, 6.45) is 3.38. The van der Waals surface area contributed by atoms with Gasteiger partial charge >= 0.3 is 0 Å². The number of halogens is 1. The van der Waals surface area contributed by atoms with Gasteiger partial charge in [-0.05, 0) is 49.8 Å². The fourth-order valence-corrected chi connectivity index (χ4v) is 2.78. The lowest BCUT2D eigenvalue weighted by Crippen LogP contribution is -2.45. The zero-order chi connectivity index (χ0) is 15.5. The second-order valence-corrected chi connectivity index (χ2v) is 5.93. The van der Waals surface area contributed by atoms with E-state index in [2.05, 4.69) is 12.2 Å². The molecule has 1 saturated carbocycles. The van der Waals surface area contributed by atoms with Gasteiger partial charge in [0, 0.05) is 6.54 Å². The number of nitrogens with two attached hydrogens (primary N) is 1. The molecular formula is C16H20FN3O. The Hall–Kier alpha value is -1.93. The molecular weight excluding hydrogens is 269 g/mol. The van der Waals surface area contributed by atoms with E-state index in [0.717, 1.165) is 31.7 Å². The molecule has 0 aromatic heterocycles. The molecule has 112 valence electrons. The molecule has 1 amide bonds. The number of benzene rings is 1. The fraction of sp³-hybridized carbons (Fsp3) is 0.500. The first kappa shape index (κ1) is 15.5. The van der Waals surface area contributed by atoms with Crippen LogP contribution in [0.1, 0.15) is 38.2 Å². The van der Waals surface area contributed by atoms with Crippen LogP contribution in [0.2, 0.25) is 0 Å². The summed E-state index contributed by atoms with van der Waals surface area (Å²) in [6, 6.07) is 5.88. The van der Waals surface area contributed by atoms with Crippen molar-refractivity contribution in [3.05, 3.63) is 29.6 Å². The maximum absolute atomic E-state index is 13.9. The number of amides is 1. The van der Waals surface area contributed by atoms with Crippen LogP contribution < -0.4 is 11.1 Å². The summed E-state index contributed by atoms with van der Waals surface area (Å²) in [4.78, 5) is 12.5. The molecule has 1 fully saturated rings. The highest BCUT2D eigenvalue weighted by Crippen LogP contribution is 2.39. The van der Waals surface area contributed by atoms with E-state index in [-0.39, 0.29) is 23.7 Å². The van der Waals surface area contributed by atoms with E-state index >= 15 is 0 Å². The van der Waals surface area contributed by atoms with Crippen LogP contribution in [0.15, 0.2) is 18.2 Å². The zero-order valence-corrected chi connectivity index (χ0v) is 12.2. The van der Waals surface area contributed by atoms with Gasteiger partial charge in [-0.3, -0.25) is 4.79 Å². The van der Waals surface area contributed by atoms with Crippen LogP contribution in [0, 0.1) is 28.5 Å². The van der Waals surface area contributed by atoms with Gasteiger partial charge < -0.3 is 11.1 Å². The van der Waals surface area contributed by atoms with E-state index in [1.54, 1.807) is 0 Å². The highest BCUT2D eigenvalue weighted by Gasteiger charge is 2.40. The highest BCUT2D eigenvalue weighted by molar-refractivity contribution is 5.95. The number of hydrogen-bond donors (Lipinski definition) is 2. The second kappa shape index (κ2) is 6.23. The number of nitrogens with zero attached hydrogens (tertiary/aromatic N) is 1. The van der Waals surface area contributed by atoms with Crippen molar-refractivity contribution in [3.8, 4) is 6.07 Å². The number of nitriles is 1. The number of nitrogens with one attached hydrogen (secondary N) is 1. The quantitative estimate of drug-likeness (QED) is 0.898. The van der Waals surface area contributed by atoms with Crippen molar-refractivity contribution in [2.75, 3.05) is 11.9 Å². The van der Waals surface area contributed by atoms with Gasteiger partial charge in [0.1, 0.15) is 5.82 Å². The lowest BCUT2D eigenvalue weighted by molar-refractivity contribution is -0.127. The van der Waals surface area contributed by atoms with Crippen molar-refractivity contribution in [2.24, 2.45) is 17.1 Å². The normalized spacial score (nSPS) is 25.1. The van der Waals surface area contributed by atoms with Gasteiger partial charge in [0.25, 0.3) is 0 Å². The molecule has 0 spiro atoms. The highest BCUT2D eigenvalue weighted by atomic mass is 19.1. The van der Waals surface area contributed by atoms with Gasteiger partial charge in [-0.1, -0.05) is 6.92 Å². The van der Waals surface area contributed by atoms with Crippen LogP contribution in [-0.2, 0) is 4.79 Å². The molecule has 0 atom stereocenters. The van der Waals surface area contributed by atoms with E-state index in [9.17, 15) is 9.18 Å². The topological polar surface area (TPSA) is 78.9 Å². The lowest BCUT2D eigenvalue weighted by atomic mass is 9.70. The minimum atomic E-state index is -0.604. The van der Waals surface area contributed by atoms with Crippen LogP contribution >= 0.6 is 0 Å². The van der Waals surface area contributed by atoms with Crippen LogP contribution in [0.25, 0.3) is 0 Å². The molecule has 0 heterocycles. The number of carbonyl (C=O) groups excluding carboxylic acids is 1. The number of rotatable bonds is 3. The summed E-state index contributed by atoms with van der Waals surface area (Å²) in [5.41, 5.74) is 5.55. The molecule has 1 aliphatic rings. The van der Waals surface area contributed by atoms with Gasteiger partial charge in [-0.15, -0.1) is 0 Å². The molecule has 0 bridgehead atoms. The van der Waals surface area contributed by atoms with Gasteiger partial charge in [-0.2, -0.15) is 5.26 Å². The number of hydrogen-bond acceptors (Lipinski definition) is 3. The molecule has 4 nitrogen and oxygen atoms in total. The third-order valence-electron chi connectivity index (χ3n) is 4.45. The minimum Gasteiger partial charge on any atom is -0.329 e. The molecule has 1 aromatic carbocycles. The van der Waals surface area contributed by atoms with E-state index in [1.807, 2.05) is 6.07 Å². The zero-order valence-electron chi connectivity index (χ0n) is 12.2. The summed E-state index contributed by atoms with van der Waals surface area (Å²) in [5, 5.41) is 11.4. The summed E-state index contributed by atoms with van der Waals surface area (Å²) >= 11 is 0. The Morgan fingerprint density at radius 2 is 2.19 bits per heavy atom. The van der Waals surface area contributed by atoms with Crippen molar-refractivity contribution in [2.45, 2.75) is 32.6 Å². The number of carbonyl (C=O) groups is 1. The Bertz CT molecular complexity index is 571. The Kier molecular flexibility index (Phi) is 4.59. The molecule has 0 unspecified atom stereocenters. The first-order chi connectivity index (χ1) is 10.0. The van der Waals surface area contributed by atoms with Gasteiger partial charge in [0.15, 0.2) is 0 Å².